The van der Waals surface area contributed by atoms with Crippen molar-refractivity contribution in [3.05, 3.63) is 16.5 Å². The molecule has 1 fully saturated rings. The molecule has 1 aromatic rings. The third-order valence-corrected chi connectivity index (χ3v) is 6.39. The number of hydrogen-bond donors (Lipinski definition) is 0. The van der Waals surface area contributed by atoms with Crippen molar-refractivity contribution in [3.63, 3.8) is 0 Å². The van der Waals surface area contributed by atoms with Gasteiger partial charge in [0.2, 0.25) is 0 Å². The van der Waals surface area contributed by atoms with Gasteiger partial charge in [-0.3, -0.25) is 0 Å². The Morgan fingerprint density at radius 1 is 1.44 bits per heavy atom. The first-order valence-corrected chi connectivity index (χ1v) is 7.97. The van der Waals surface area contributed by atoms with E-state index in [-0.39, 0.29) is 5.38 Å². The lowest BCUT2D eigenvalue weighted by molar-refractivity contribution is 0.351. The van der Waals surface area contributed by atoms with Gasteiger partial charge in [0.1, 0.15) is 4.21 Å². The van der Waals surface area contributed by atoms with E-state index in [9.17, 15) is 8.42 Å². The zero-order valence-electron chi connectivity index (χ0n) is 8.40. The maximum absolute atomic E-state index is 12.2. The van der Waals surface area contributed by atoms with Gasteiger partial charge in [-0.2, -0.15) is 4.31 Å². The Bertz CT molecular complexity index is 472. The van der Waals surface area contributed by atoms with Crippen LogP contribution in [0.2, 0.25) is 4.34 Å². The third-order valence-electron chi connectivity index (χ3n) is 2.47. The van der Waals surface area contributed by atoms with Crippen LogP contribution >= 0.6 is 34.5 Å². The number of rotatable bonds is 2. The molecular formula is C9H11Cl2NO2S2. The van der Waals surface area contributed by atoms with Gasteiger partial charge in [-0.1, -0.05) is 11.6 Å². The highest BCUT2D eigenvalue weighted by atomic mass is 35.5. The molecule has 1 atom stereocenters. The van der Waals surface area contributed by atoms with E-state index in [1.165, 1.54) is 4.31 Å². The lowest BCUT2D eigenvalue weighted by Gasteiger charge is -2.28. The molecule has 0 spiro atoms. The molecule has 1 aliphatic heterocycles. The number of nitrogens with zero attached hydrogens (tertiary/aromatic N) is 1. The molecule has 90 valence electrons. The molecule has 1 saturated heterocycles. The summed E-state index contributed by atoms with van der Waals surface area (Å²) in [6, 6.07) is 3.14. The van der Waals surface area contributed by atoms with Gasteiger partial charge in [-0.15, -0.1) is 22.9 Å². The Morgan fingerprint density at radius 2 is 2.19 bits per heavy atom. The highest BCUT2D eigenvalue weighted by molar-refractivity contribution is 7.91. The minimum absolute atomic E-state index is 0.0843. The highest BCUT2D eigenvalue weighted by Crippen LogP contribution is 2.30. The van der Waals surface area contributed by atoms with Gasteiger partial charge in [-0.25, -0.2) is 8.42 Å². The Kier molecular flexibility index (Phi) is 3.81. The SMILES string of the molecule is O=S(=O)(c1ccc(Cl)s1)N1CCCC(Cl)C1. The van der Waals surface area contributed by atoms with E-state index >= 15 is 0 Å². The number of thiophene rings is 1. The number of halogens is 2. The van der Waals surface area contributed by atoms with Gasteiger partial charge < -0.3 is 0 Å². The van der Waals surface area contributed by atoms with E-state index < -0.39 is 10.0 Å². The first-order chi connectivity index (χ1) is 7.50. The fourth-order valence-corrected chi connectivity index (χ4v) is 5.24. The second kappa shape index (κ2) is 4.82. The van der Waals surface area contributed by atoms with E-state index in [2.05, 4.69) is 0 Å². The Hall–Kier alpha value is 0.190. The van der Waals surface area contributed by atoms with E-state index in [1.54, 1.807) is 12.1 Å². The summed E-state index contributed by atoms with van der Waals surface area (Å²) in [7, 11) is -3.39. The van der Waals surface area contributed by atoms with Crippen molar-refractivity contribution in [1.82, 2.24) is 4.31 Å². The van der Waals surface area contributed by atoms with Crippen LogP contribution in [0.1, 0.15) is 12.8 Å². The largest absolute Gasteiger partial charge is 0.252 e. The van der Waals surface area contributed by atoms with Crippen LogP contribution in [-0.4, -0.2) is 31.2 Å². The normalized spacial score (nSPS) is 23.5. The summed E-state index contributed by atoms with van der Waals surface area (Å²) in [4.78, 5) is 0. The van der Waals surface area contributed by atoms with Crippen molar-refractivity contribution in [2.45, 2.75) is 22.4 Å². The molecular weight excluding hydrogens is 289 g/mol. The smallest absolute Gasteiger partial charge is 0.206 e. The maximum atomic E-state index is 12.2. The van der Waals surface area contributed by atoms with Crippen molar-refractivity contribution < 1.29 is 8.42 Å². The summed E-state index contributed by atoms with van der Waals surface area (Å²) >= 11 is 12.8. The van der Waals surface area contributed by atoms with Crippen molar-refractivity contribution >= 4 is 44.6 Å². The molecule has 2 rings (SSSR count). The molecule has 0 bridgehead atoms. The van der Waals surface area contributed by atoms with Gasteiger partial charge in [-0.05, 0) is 25.0 Å². The molecule has 7 heteroatoms. The van der Waals surface area contributed by atoms with Crippen LogP contribution < -0.4 is 0 Å². The van der Waals surface area contributed by atoms with Crippen LogP contribution in [0.15, 0.2) is 16.3 Å². The lowest BCUT2D eigenvalue weighted by Crippen LogP contribution is -2.40. The zero-order valence-corrected chi connectivity index (χ0v) is 11.5. The molecule has 0 aliphatic carbocycles. The topological polar surface area (TPSA) is 37.4 Å². The monoisotopic (exact) mass is 299 g/mol. The molecule has 2 heterocycles. The van der Waals surface area contributed by atoms with Crippen molar-refractivity contribution in [3.8, 4) is 0 Å². The van der Waals surface area contributed by atoms with Gasteiger partial charge >= 0.3 is 0 Å². The quantitative estimate of drug-likeness (QED) is 0.788. The van der Waals surface area contributed by atoms with Crippen LogP contribution in [-0.2, 0) is 10.0 Å². The van der Waals surface area contributed by atoms with Crippen LogP contribution in [0.25, 0.3) is 0 Å². The first kappa shape index (κ1) is 12.6. The molecule has 0 N–H and O–H groups in total. The standard InChI is InChI=1S/C9H11Cl2NO2S2/c10-7-2-1-5-12(6-7)16(13,14)9-4-3-8(11)15-9/h3-4,7H,1-2,5-6H2. The van der Waals surface area contributed by atoms with Crippen LogP contribution in [0.4, 0.5) is 0 Å². The van der Waals surface area contributed by atoms with E-state index in [1.807, 2.05) is 0 Å². The first-order valence-electron chi connectivity index (χ1n) is 4.90. The Labute approximate surface area is 109 Å². The fourth-order valence-electron chi connectivity index (χ4n) is 1.67. The second-order valence-corrected chi connectivity index (χ2v) is 8.16. The van der Waals surface area contributed by atoms with Crippen molar-refractivity contribution in [2.75, 3.05) is 13.1 Å². The number of piperidine rings is 1. The summed E-state index contributed by atoms with van der Waals surface area (Å²) in [5.41, 5.74) is 0. The number of sulfonamides is 1. The fraction of sp³-hybridized carbons (Fsp3) is 0.556. The van der Waals surface area contributed by atoms with E-state index in [0.29, 0.717) is 21.6 Å². The Morgan fingerprint density at radius 3 is 2.75 bits per heavy atom. The average Bonchev–Trinajstić information content (AvgIpc) is 2.65. The molecule has 0 saturated carbocycles. The maximum Gasteiger partial charge on any atom is 0.252 e. The average molecular weight is 300 g/mol. The predicted molar refractivity (Wildman–Crippen MR) is 67.0 cm³/mol. The molecule has 1 aromatic heterocycles. The molecule has 1 aliphatic rings. The minimum atomic E-state index is -3.39. The molecule has 3 nitrogen and oxygen atoms in total. The van der Waals surface area contributed by atoms with Gasteiger partial charge in [0.05, 0.1) is 4.34 Å². The van der Waals surface area contributed by atoms with Crippen molar-refractivity contribution in [1.29, 1.82) is 0 Å². The van der Waals surface area contributed by atoms with Crippen LogP contribution in [0.3, 0.4) is 0 Å². The molecule has 0 aromatic carbocycles. The summed E-state index contributed by atoms with van der Waals surface area (Å²) in [6.07, 6.45) is 1.69. The molecule has 16 heavy (non-hydrogen) atoms. The van der Waals surface area contributed by atoms with Gasteiger partial charge in [0.25, 0.3) is 10.0 Å². The molecule has 0 amide bonds. The lowest BCUT2D eigenvalue weighted by atomic mass is 10.2. The van der Waals surface area contributed by atoms with Crippen LogP contribution in [0, 0.1) is 0 Å². The third kappa shape index (κ3) is 2.54. The molecule has 0 radical (unpaired) electrons. The van der Waals surface area contributed by atoms with Crippen LogP contribution in [0.5, 0.6) is 0 Å². The summed E-state index contributed by atoms with van der Waals surface area (Å²) in [6.45, 7) is 0.931. The Balaban J connectivity index is 2.25. The zero-order chi connectivity index (χ0) is 11.8. The van der Waals surface area contributed by atoms with E-state index in [4.69, 9.17) is 23.2 Å². The molecule has 1 unspecified atom stereocenters. The summed E-state index contributed by atoms with van der Waals surface area (Å²) < 4.78 is 26.6. The number of alkyl halides is 1. The number of hydrogen-bond acceptors (Lipinski definition) is 3. The van der Waals surface area contributed by atoms with E-state index in [0.717, 1.165) is 24.2 Å². The summed E-state index contributed by atoms with van der Waals surface area (Å²) in [5.74, 6) is 0. The summed E-state index contributed by atoms with van der Waals surface area (Å²) in [5, 5.41) is -0.0843. The second-order valence-electron chi connectivity index (χ2n) is 3.66. The highest BCUT2D eigenvalue weighted by Gasteiger charge is 2.30. The van der Waals surface area contributed by atoms with Gasteiger partial charge in [0.15, 0.2) is 0 Å². The minimum Gasteiger partial charge on any atom is -0.206 e. The predicted octanol–water partition coefficient (Wildman–Crippen LogP) is 2.79. The van der Waals surface area contributed by atoms with Gasteiger partial charge in [0, 0.05) is 18.5 Å². The van der Waals surface area contributed by atoms with Crippen molar-refractivity contribution in [2.24, 2.45) is 0 Å².